The highest BCUT2D eigenvalue weighted by atomic mass is 16.5. The number of carbonyl (C=O) groups excluding carboxylic acids is 2. The highest BCUT2D eigenvalue weighted by molar-refractivity contribution is 5.96. The van der Waals surface area contributed by atoms with E-state index in [0.29, 0.717) is 5.69 Å². The molecular formula is C14H20N4O3. The summed E-state index contributed by atoms with van der Waals surface area (Å²) >= 11 is 0. The molecule has 0 aromatic heterocycles. The van der Waals surface area contributed by atoms with Crippen LogP contribution in [0.5, 0.6) is 0 Å². The van der Waals surface area contributed by atoms with Gasteiger partial charge in [0.25, 0.3) is 0 Å². The van der Waals surface area contributed by atoms with Crippen LogP contribution in [0.15, 0.2) is 24.3 Å². The fourth-order valence-corrected chi connectivity index (χ4v) is 2.11. The van der Waals surface area contributed by atoms with Crippen LogP contribution >= 0.6 is 0 Å². The lowest BCUT2D eigenvalue weighted by atomic mass is 10.2. The maximum absolute atomic E-state index is 11.8. The summed E-state index contributed by atoms with van der Waals surface area (Å²) < 4.78 is 5.31. The minimum atomic E-state index is -0.722. The van der Waals surface area contributed by atoms with Gasteiger partial charge in [0.05, 0.1) is 13.2 Å². The highest BCUT2D eigenvalue weighted by Gasteiger charge is 2.15. The summed E-state index contributed by atoms with van der Waals surface area (Å²) in [6.45, 7) is 4.77. The van der Waals surface area contributed by atoms with Crippen molar-refractivity contribution < 1.29 is 14.3 Å². The Balaban J connectivity index is 1.92. The number of urea groups is 1. The zero-order valence-corrected chi connectivity index (χ0v) is 12.0. The van der Waals surface area contributed by atoms with Gasteiger partial charge >= 0.3 is 6.03 Å². The second-order valence-electron chi connectivity index (χ2n) is 4.87. The van der Waals surface area contributed by atoms with Crippen LogP contribution in [0.25, 0.3) is 0 Å². The number of hydrogen-bond donors (Lipinski definition) is 3. The minimum absolute atomic E-state index is 0.312. The molecule has 1 aromatic rings. The van der Waals surface area contributed by atoms with Crippen molar-refractivity contribution >= 4 is 23.3 Å². The maximum atomic E-state index is 11.8. The zero-order chi connectivity index (χ0) is 15.2. The standard InChI is InChI=1S/C14H20N4O3/c1-10(16-14(15)20)13(19)17-11-2-4-12(5-3-11)18-6-8-21-9-7-18/h2-5,10H,6-9H2,1H3,(H,17,19)(H3,15,16,20)/t10-/m0/s1. The maximum Gasteiger partial charge on any atom is 0.312 e. The largest absolute Gasteiger partial charge is 0.378 e. The van der Waals surface area contributed by atoms with Crippen molar-refractivity contribution in [2.45, 2.75) is 13.0 Å². The van der Waals surface area contributed by atoms with Crippen LogP contribution in [0.4, 0.5) is 16.2 Å². The number of carbonyl (C=O) groups is 2. The Kier molecular flexibility index (Phi) is 4.99. The Morgan fingerprint density at radius 3 is 2.43 bits per heavy atom. The van der Waals surface area contributed by atoms with E-state index in [1.165, 1.54) is 0 Å². The van der Waals surface area contributed by atoms with E-state index in [4.69, 9.17) is 10.5 Å². The number of morpholine rings is 1. The predicted octanol–water partition coefficient (Wildman–Crippen LogP) is 0.518. The summed E-state index contributed by atoms with van der Waals surface area (Å²) in [5.74, 6) is -0.312. The van der Waals surface area contributed by atoms with Gasteiger partial charge in [0.2, 0.25) is 5.91 Å². The van der Waals surface area contributed by atoms with Crippen LogP contribution in [-0.4, -0.2) is 44.3 Å². The van der Waals surface area contributed by atoms with Gasteiger partial charge in [-0.2, -0.15) is 0 Å². The molecule has 7 nitrogen and oxygen atoms in total. The Labute approximate surface area is 123 Å². The van der Waals surface area contributed by atoms with Crippen LogP contribution in [0.3, 0.4) is 0 Å². The number of nitrogens with zero attached hydrogens (tertiary/aromatic N) is 1. The summed E-state index contributed by atoms with van der Waals surface area (Å²) in [5.41, 5.74) is 6.75. The molecule has 114 valence electrons. The van der Waals surface area contributed by atoms with E-state index in [9.17, 15) is 9.59 Å². The van der Waals surface area contributed by atoms with Crippen molar-refractivity contribution in [1.29, 1.82) is 0 Å². The first kappa shape index (κ1) is 15.1. The second-order valence-corrected chi connectivity index (χ2v) is 4.87. The van der Waals surface area contributed by atoms with Crippen molar-refractivity contribution in [3.05, 3.63) is 24.3 Å². The molecule has 0 unspecified atom stereocenters. The van der Waals surface area contributed by atoms with Crippen LogP contribution in [-0.2, 0) is 9.53 Å². The van der Waals surface area contributed by atoms with Gasteiger partial charge in [0.1, 0.15) is 6.04 Å². The third kappa shape index (κ3) is 4.35. The number of ether oxygens (including phenoxy) is 1. The molecule has 1 fully saturated rings. The molecule has 0 bridgehead atoms. The quantitative estimate of drug-likeness (QED) is 0.753. The first-order valence-electron chi connectivity index (χ1n) is 6.86. The molecule has 3 amide bonds. The number of amides is 3. The van der Waals surface area contributed by atoms with Crippen molar-refractivity contribution in [3.8, 4) is 0 Å². The SMILES string of the molecule is C[C@H](NC(N)=O)C(=O)Nc1ccc(N2CCOCC2)cc1. The van der Waals surface area contributed by atoms with Gasteiger partial charge in [-0.05, 0) is 31.2 Å². The summed E-state index contributed by atoms with van der Waals surface area (Å²) in [5, 5.41) is 5.06. The van der Waals surface area contributed by atoms with E-state index < -0.39 is 12.1 Å². The topological polar surface area (TPSA) is 96.7 Å². The number of nitrogens with one attached hydrogen (secondary N) is 2. The van der Waals surface area contributed by atoms with E-state index >= 15 is 0 Å². The number of nitrogens with two attached hydrogens (primary N) is 1. The van der Waals surface area contributed by atoms with Gasteiger partial charge < -0.3 is 26.0 Å². The van der Waals surface area contributed by atoms with Crippen molar-refractivity contribution in [1.82, 2.24) is 5.32 Å². The average molecular weight is 292 g/mol. The van der Waals surface area contributed by atoms with Crippen molar-refractivity contribution in [3.63, 3.8) is 0 Å². The van der Waals surface area contributed by atoms with E-state index in [-0.39, 0.29) is 5.91 Å². The Morgan fingerprint density at radius 1 is 1.24 bits per heavy atom. The molecule has 4 N–H and O–H groups in total. The fourth-order valence-electron chi connectivity index (χ4n) is 2.11. The molecule has 1 atom stereocenters. The molecule has 1 saturated heterocycles. The molecule has 1 aromatic carbocycles. The molecule has 1 heterocycles. The third-order valence-corrected chi connectivity index (χ3v) is 3.26. The van der Waals surface area contributed by atoms with E-state index in [2.05, 4.69) is 15.5 Å². The molecule has 1 aliphatic rings. The first-order chi connectivity index (χ1) is 10.1. The number of primary amides is 1. The van der Waals surface area contributed by atoms with Crippen LogP contribution < -0.4 is 21.3 Å². The lowest BCUT2D eigenvalue weighted by Crippen LogP contribution is -2.44. The zero-order valence-electron chi connectivity index (χ0n) is 12.0. The second kappa shape index (κ2) is 6.94. The highest BCUT2D eigenvalue weighted by Crippen LogP contribution is 2.19. The van der Waals surface area contributed by atoms with Gasteiger partial charge in [-0.1, -0.05) is 0 Å². The lowest BCUT2D eigenvalue weighted by molar-refractivity contribution is -0.117. The number of anilines is 2. The van der Waals surface area contributed by atoms with Gasteiger partial charge in [0.15, 0.2) is 0 Å². The van der Waals surface area contributed by atoms with Gasteiger partial charge in [0, 0.05) is 24.5 Å². The van der Waals surface area contributed by atoms with Crippen LogP contribution in [0.2, 0.25) is 0 Å². The number of benzene rings is 1. The summed E-state index contributed by atoms with van der Waals surface area (Å²) in [6.07, 6.45) is 0. The summed E-state index contributed by atoms with van der Waals surface area (Å²) in [6, 6.07) is 6.17. The fraction of sp³-hybridized carbons (Fsp3) is 0.429. The molecule has 0 radical (unpaired) electrons. The molecule has 1 aliphatic heterocycles. The van der Waals surface area contributed by atoms with Crippen molar-refractivity contribution in [2.24, 2.45) is 5.73 Å². The van der Waals surface area contributed by atoms with Gasteiger partial charge in [-0.15, -0.1) is 0 Å². The number of rotatable bonds is 4. The van der Waals surface area contributed by atoms with Crippen LogP contribution in [0, 0.1) is 0 Å². The summed E-state index contributed by atoms with van der Waals surface area (Å²) in [7, 11) is 0. The Bertz CT molecular complexity index is 497. The molecular weight excluding hydrogens is 272 g/mol. The Morgan fingerprint density at radius 2 is 1.86 bits per heavy atom. The lowest BCUT2D eigenvalue weighted by Gasteiger charge is -2.28. The van der Waals surface area contributed by atoms with E-state index in [1.807, 2.05) is 24.3 Å². The van der Waals surface area contributed by atoms with Crippen LogP contribution in [0.1, 0.15) is 6.92 Å². The molecule has 0 saturated carbocycles. The molecule has 21 heavy (non-hydrogen) atoms. The molecule has 0 aliphatic carbocycles. The third-order valence-electron chi connectivity index (χ3n) is 3.26. The van der Waals surface area contributed by atoms with Gasteiger partial charge in [-0.25, -0.2) is 4.79 Å². The average Bonchev–Trinajstić information content (AvgIpc) is 2.48. The first-order valence-corrected chi connectivity index (χ1v) is 6.86. The number of hydrogen-bond acceptors (Lipinski definition) is 4. The van der Waals surface area contributed by atoms with E-state index in [1.54, 1.807) is 6.92 Å². The normalized spacial score (nSPS) is 16.1. The minimum Gasteiger partial charge on any atom is -0.378 e. The smallest absolute Gasteiger partial charge is 0.312 e. The molecule has 7 heteroatoms. The van der Waals surface area contributed by atoms with Gasteiger partial charge in [-0.3, -0.25) is 4.79 Å². The Hall–Kier alpha value is -2.28. The molecule has 0 spiro atoms. The predicted molar refractivity (Wildman–Crippen MR) is 80.3 cm³/mol. The monoisotopic (exact) mass is 292 g/mol. The molecule has 2 rings (SSSR count). The van der Waals surface area contributed by atoms with Crippen molar-refractivity contribution in [2.75, 3.05) is 36.5 Å². The van der Waals surface area contributed by atoms with E-state index in [0.717, 1.165) is 32.0 Å². The summed E-state index contributed by atoms with van der Waals surface area (Å²) in [4.78, 5) is 24.8.